The molecule has 0 fully saturated rings. The number of aromatic nitrogens is 1. The third kappa shape index (κ3) is 2.37. The Balaban J connectivity index is 2.59. The summed E-state index contributed by atoms with van der Waals surface area (Å²) in [5.41, 5.74) is 4.64. The monoisotopic (exact) mass is 245 g/mol. The standard InChI is InChI=1S/C14H12ClNO/c1-9-3-13(14(15)4-10(9)2)12-5-11(8-17)6-16-7-12/h3-8H,1-2H3. The lowest BCUT2D eigenvalue weighted by atomic mass is 10.0. The fraction of sp³-hybridized carbons (Fsp3) is 0.143. The number of aryl methyl sites for hydroxylation is 2. The van der Waals surface area contributed by atoms with Crippen LogP contribution in [0.2, 0.25) is 5.02 Å². The van der Waals surface area contributed by atoms with Crippen LogP contribution < -0.4 is 0 Å². The predicted molar refractivity (Wildman–Crippen MR) is 69.5 cm³/mol. The highest BCUT2D eigenvalue weighted by molar-refractivity contribution is 6.33. The molecule has 0 atom stereocenters. The van der Waals surface area contributed by atoms with E-state index in [1.54, 1.807) is 12.3 Å². The highest BCUT2D eigenvalue weighted by Crippen LogP contribution is 2.30. The molecule has 1 aromatic carbocycles. The van der Waals surface area contributed by atoms with Gasteiger partial charge in [0.1, 0.15) is 0 Å². The first kappa shape index (κ1) is 11.8. The van der Waals surface area contributed by atoms with Crippen LogP contribution in [0.3, 0.4) is 0 Å². The van der Waals surface area contributed by atoms with Crippen molar-refractivity contribution in [2.45, 2.75) is 13.8 Å². The number of hydrogen-bond donors (Lipinski definition) is 0. The van der Waals surface area contributed by atoms with Crippen LogP contribution in [0.15, 0.2) is 30.6 Å². The summed E-state index contributed by atoms with van der Waals surface area (Å²) in [4.78, 5) is 14.8. The van der Waals surface area contributed by atoms with Gasteiger partial charge in [0, 0.05) is 34.1 Å². The lowest BCUT2D eigenvalue weighted by molar-refractivity contribution is 0.112. The zero-order chi connectivity index (χ0) is 12.4. The summed E-state index contributed by atoms with van der Waals surface area (Å²) in [6.45, 7) is 4.05. The van der Waals surface area contributed by atoms with Gasteiger partial charge in [0.2, 0.25) is 0 Å². The Hall–Kier alpha value is -1.67. The Morgan fingerprint density at radius 2 is 1.82 bits per heavy atom. The normalized spacial score (nSPS) is 10.3. The van der Waals surface area contributed by atoms with Gasteiger partial charge in [-0.25, -0.2) is 0 Å². The van der Waals surface area contributed by atoms with Crippen molar-refractivity contribution in [3.05, 3.63) is 52.3 Å². The first-order valence-electron chi connectivity index (χ1n) is 5.29. The number of halogens is 1. The highest BCUT2D eigenvalue weighted by Gasteiger charge is 2.07. The van der Waals surface area contributed by atoms with Crippen LogP contribution >= 0.6 is 11.6 Å². The molecule has 0 spiro atoms. The van der Waals surface area contributed by atoms with E-state index in [0.717, 1.165) is 23.0 Å². The molecule has 3 heteroatoms. The molecule has 0 unspecified atom stereocenters. The van der Waals surface area contributed by atoms with Crippen molar-refractivity contribution in [3.8, 4) is 11.1 Å². The van der Waals surface area contributed by atoms with Crippen LogP contribution in [0.25, 0.3) is 11.1 Å². The molecule has 0 N–H and O–H groups in total. The van der Waals surface area contributed by atoms with Crippen molar-refractivity contribution < 1.29 is 4.79 Å². The average molecular weight is 246 g/mol. The van der Waals surface area contributed by atoms with E-state index in [2.05, 4.69) is 4.98 Å². The number of pyridine rings is 1. The lowest BCUT2D eigenvalue weighted by Crippen LogP contribution is -1.89. The van der Waals surface area contributed by atoms with Gasteiger partial charge in [-0.15, -0.1) is 0 Å². The van der Waals surface area contributed by atoms with Gasteiger partial charge in [0.05, 0.1) is 0 Å². The van der Waals surface area contributed by atoms with E-state index in [1.807, 2.05) is 26.0 Å². The first-order chi connectivity index (χ1) is 8.11. The van der Waals surface area contributed by atoms with Gasteiger partial charge in [-0.1, -0.05) is 11.6 Å². The van der Waals surface area contributed by atoms with E-state index in [1.165, 1.54) is 11.8 Å². The second kappa shape index (κ2) is 4.68. The van der Waals surface area contributed by atoms with Crippen molar-refractivity contribution in [2.75, 3.05) is 0 Å². The molecule has 2 rings (SSSR count). The second-order valence-corrected chi connectivity index (χ2v) is 4.45. The Labute approximate surface area is 105 Å². The molecular weight excluding hydrogens is 234 g/mol. The maximum atomic E-state index is 10.7. The van der Waals surface area contributed by atoms with Crippen LogP contribution in [0, 0.1) is 13.8 Å². The van der Waals surface area contributed by atoms with Gasteiger partial charge >= 0.3 is 0 Å². The highest BCUT2D eigenvalue weighted by atomic mass is 35.5. The van der Waals surface area contributed by atoms with Crippen LogP contribution in [-0.2, 0) is 0 Å². The van der Waals surface area contributed by atoms with E-state index in [9.17, 15) is 4.79 Å². The summed E-state index contributed by atoms with van der Waals surface area (Å²) < 4.78 is 0. The molecule has 0 aliphatic heterocycles. The van der Waals surface area contributed by atoms with Crippen molar-refractivity contribution >= 4 is 17.9 Å². The molecule has 1 heterocycles. The van der Waals surface area contributed by atoms with Crippen LogP contribution in [0.1, 0.15) is 21.5 Å². The zero-order valence-corrected chi connectivity index (χ0v) is 10.5. The molecule has 2 nitrogen and oxygen atoms in total. The summed E-state index contributed by atoms with van der Waals surface area (Å²) in [7, 11) is 0. The summed E-state index contributed by atoms with van der Waals surface area (Å²) >= 11 is 6.22. The number of rotatable bonds is 2. The Morgan fingerprint density at radius 1 is 1.12 bits per heavy atom. The lowest BCUT2D eigenvalue weighted by Gasteiger charge is -2.08. The zero-order valence-electron chi connectivity index (χ0n) is 9.70. The molecule has 0 aliphatic rings. The Bertz CT molecular complexity index is 578. The average Bonchev–Trinajstić information content (AvgIpc) is 2.34. The molecule has 86 valence electrons. The van der Waals surface area contributed by atoms with Gasteiger partial charge in [-0.3, -0.25) is 9.78 Å². The van der Waals surface area contributed by atoms with Crippen LogP contribution in [-0.4, -0.2) is 11.3 Å². The molecular formula is C14H12ClNO. The molecule has 0 amide bonds. The largest absolute Gasteiger partial charge is 0.298 e. The SMILES string of the molecule is Cc1cc(Cl)c(-c2cncc(C=O)c2)cc1C. The fourth-order valence-corrected chi connectivity index (χ4v) is 2.00. The number of hydrogen-bond acceptors (Lipinski definition) is 2. The quantitative estimate of drug-likeness (QED) is 0.753. The van der Waals surface area contributed by atoms with E-state index in [0.29, 0.717) is 10.6 Å². The molecule has 0 saturated carbocycles. The van der Waals surface area contributed by atoms with Gasteiger partial charge < -0.3 is 0 Å². The van der Waals surface area contributed by atoms with Crippen LogP contribution in [0.4, 0.5) is 0 Å². The maximum Gasteiger partial charge on any atom is 0.151 e. The fourth-order valence-electron chi connectivity index (χ4n) is 1.67. The number of carbonyl (C=O) groups is 1. The topological polar surface area (TPSA) is 30.0 Å². The summed E-state index contributed by atoms with van der Waals surface area (Å²) in [5, 5.41) is 0.679. The van der Waals surface area contributed by atoms with E-state index in [4.69, 9.17) is 11.6 Å². The maximum absolute atomic E-state index is 10.7. The molecule has 0 saturated heterocycles. The number of nitrogens with zero attached hydrogens (tertiary/aromatic N) is 1. The van der Waals surface area contributed by atoms with Crippen molar-refractivity contribution in [1.29, 1.82) is 0 Å². The third-order valence-electron chi connectivity index (χ3n) is 2.79. The molecule has 17 heavy (non-hydrogen) atoms. The minimum atomic E-state index is 0.553. The van der Waals surface area contributed by atoms with Gasteiger partial charge in [-0.05, 0) is 43.2 Å². The number of aldehydes is 1. The van der Waals surface area contributed by atoms with Gasteiger partial charge in [0.15, 0.2) is 6.29 Å². The van der Waals surface area contributed by atoms with E-state index >= 15 is 0 Å². The minimum Gasteiger partial charge on any atom is -0.298 e. The Morgan fingerprint density at radius 3 is 2.53 bits per heavy atom. The van der Waals surface area contributed by atoms with Gasteiger partial charge in [-0.2, -0.15) is 0 Å². The predicted octanol–water partition coefficient (Wildman–Crippen LogP) is 3.83. The van der Waals surface area contributed by atoms with Gasteiger partial charge in [0.25, 0.3) is 0 Å². The van der Waals surface area contributed by atoms with E-state index < -0.39 is 0 Å². The first-order valence-corrected chi connectivity index (χ1v) is 5.67. The summed E-state index contributed by atoms with van der Waals surface area (Å²) in [5.74, 6) is 0. The van der Waals surface area contributed by atoms with E-state index in [-0.39, 0.29) is 0 Å². The van der Waals surface area contributed by atoms with Crippen LogP contribution in [0.5, 0.6) is 0 Å². The van der Waals surface area contributed by atoms with Crippen molar-refractivity contribution in [3.63, 3.8) is 0 Å². The number of carbonyl (C=O) groups excluding carboxylic acids is 1. The molecule has 2 aromatic rings. The summed E-state index contributed by atoms with van der Waals surface area (Å²) in [6, 6.07) is 5.74. The minimum absolute atomic E-state index is 0.553. The Kier molecular flexibility index (Phi) is 3.25. The molecule has 0 aliphatic carbocycles. The number of benzene rings is 1. The molecule has 1 aromatic heterocycles. The smallest absolute Gasteiger partial charge is 0.151 e. The summed E-state index contributed by atoms with van der Waals surface area (Å²) in [6.07, 6.45) is 4.03. The molecule has 0 bridgehead atoms. The molecule has 0 radical (unpaired) electrons. The van der Waals surface area contributed by atoms with Crippen molar-refractivity contribution in [2.24, 2.45) is 0 Å². The third-order valence-corrected chi connectivity index (χ3v) is 3.10. The van der Waals surface area contributed by atoms with Crippen molar-refractivity contribution in [1.82, 2.24) is 4.98 Å². The second-order valence-electron chi connectivity index (χ2n) is 4.04.